The molecule has 1 N–H and O–H groups in total. The third-order valence-corrected chi connectivity index (χ3v) is 6.26. The highest BCUT2D eigenvalue weighted by atomic mass is 16.7. The van der Waals surface area contributed by atoms with Crippen LogP contribution in [0.15, 0.2) is 36.4 Å². The fraction of sp³-hybridized carbons (Fsp3) is 0.440. The number of carbonyl (C=O) groups excluding carboxylic acids is 2. The summed E-state index contributed by atoms with van der Waals surface area (Å²) in [5.74, 6) is 2.23. The van der Waals surface area contributed by atoms with Crippen molar-refractivity contribution in [2.24, 2.45) is 11.8 Å². The molecular formula is C25H28N2O6. The van der Waals surface area contributed by atoms with E-state index in [0.717, 1.165) is 17.7 Å². The molecule has 0 saturated carbocycles. The van der Waals surface area contributed by atoms with Gasteiger partial charge in [-0.25, -0.2) is 0 Å². The molecule has 8 nitrogen and oxygen atoms in total. The summed E-state index contributed by atoms with van der Waals surface area (Å²) in [6.07, 6.45) is 1.01. The van der Waals surface area contributed by atoms with Crippen molar-refractivity contribution in [3.05, 3.63) is 42.0 Å². The molecule has 0 unspecified atom stereocenters. The number of ether oxygens (including phenoxy) is 4. The second kappa shape index (κ2) is 8.84. The molecule has 2 aromatic carbocycles. The first-order valence-electron chi connectivity index (χ1n) is 11.4. The van der Waals surface area contributed by atoms with Gasteiger partial charge in [0.15, 0.2) is 23.0 Å². The molecule has 5 rings (SSSR count). The molecule has 0 bridgehead atoms. The summed E-state index contributed by atoms with van der Waals surface area (Å²) in [7, 11) is 0. The Labute approximate surface area is 192 Å². The highest BCUT2D eigenvalue weighted by Crippen LogP contribution is 2.38. The largest absolute Gasteiger partial charge is 0.490 e. The number of rotatable bonds is 5. The van der Waals surface area contributed by atoms with Gasteiger partial charge in [-0.1, -0.05) is 19.9 Å². The minimum atomic E-state index is -0.426. The van der Waals surface area contributed by atoms with Crippen LogP contribution in [0.3, 0.4) is 0 Å². The molecule has 3 aliphatic heterocycles. The summed E-state index contributed by atoms with van der Waals surface area (Å²) in [5, 5.41) is 3.17. The number of carbonyl (C=O) groups is 2. The predicted octanol–water partition coefficient (Wildman–Crippen LogP) is 3.44. The van der Waals surface area contributed by atoms with E-state index in [4.69, 9.17) is 18.9 Å². The maximum absolute atomic E-state index is 13.2. The van der Waals surface area contributed by atoms with Gasteiger partial charge in [-0.05, 0) is 35.7 Å². The van der Waals surface area contributed by atoms with Gasteiger partial charge >= 0.3 is 0 Å². The number of nitrogens with zero attached hydrogens (tertiary/aromatic N) is 1. The van der Waals surface area contributed by atoms with Crippen molar-refractivity contribution in [2.45, 2.75) is 32.7 Å². The molecule has 1 saturated heterocycles. The van der Waals surface area contributed by atoms with Gasteiger partial charge < -0.3 is 29.2 Å². The van der Waals surface area contributed by atoms with Crippen LogP contribution in [0.5, 0.6) is 23.0 Å². The average molecular weight is 453 g/mol. The molecule has 2 amide bonds. The van der Waals surface area contributed by atoms with Crippen molar-refractivity contribution in [2.75, 3.05) is 31.5 Å². The van der Waals surface area contributed by atoms with Crippen molar-refractivity contribution in [3.8, 4) is 23.0 Å². The molecule has 8 heteroatoms. The minimum absolute atomic E-state index is 0.0781. The quantitative estimate of drug-likeness (QED) is 0.748. The van der Waals surface area contributed by atoms with Gasteiger partial charge in [0.2, 0.25) is 18.6 Å². The lowest BCUT2D eigenvalue weighted by molar-refractivity contribution is -0.127. The van der Waals surface area contributed by atoms with Gasteiger partial charge in [-0.3, -0.25) is 9.59 Å². The molecule has 0 radical (unpaired) electrons. The maximum atomic E-state index is 13.2. The van der Waals surface area contributed by atoms with E-state index in [0.29, 0.717) is 42.7 Å². The Kier molecular flexibility index (Phi) is 5.74. The van der Waals surface area contributed by atoms with Gasteiger partial charge in [0.05, 0.1) is 25.2 Å². The first-order chi connectivity index (χ1) is 16.0. The second-order valence-electron chi connectivity index (χ2n) is 8.93. The number of benzene rings is 2. The summed E-state index contributed by atoms with van der Waals surface area (Å²) < 4.78 is 22.3. The van der Waals surface area contributed by atoms with Crippen molar-refractivity contribution >= 4 is 17.5 Å². The van der Waals surface area contributed by atoms with Crippen LogP contribution in [0.2, 0.25) is 0 Å². The molecule has 3 heterocycles. The Morgan fingerprint density at radius 2 is 1.67 bits per heavy atom. The lowest BCUT2D eigenvalue weighted by Gasteiger charge is -2.25. The number of hydrogen-bond acceptors (Lipinski definition) is 6. The fourth-order valence-corrected chi connectivity index (χ4v) is 4.47. The first-order valence-corrected chi connectivity index (χ1v) is 11.4. The predicted molar refractivity (Wildman–Crippen MR) is 121 cm³/mol. The SMILES string of the molecule is CC(C)[C@@H](NC(=O)[C@H]1CC(=O)N(c2ccc3c(c2)OCO3)C1)c1ccc2c(c1)OCCCO2. The zero-order chi connectivity index (χ0) is 22.9. The van der Waals surface area contributed by atoms with Crippen molar-refractivity contribution < 1.29 is 28.5 Å². The van der Waals surface area contributed by atoms with E-state index < -0.39 is 5.92 Å². The number of hydrogen-bond donors (Lipinski definition) is 1. The lowest BCUT2D eigenvalue weighted by Crippen LogP contribution is -2.37. The summed E-state index contributed by atoms with van der Waals surface area (Å²) in [6.45, 7) is 5.87. The third kappa shape index (κ3) is 4.29. The van der Waals surface area contributed by atoms with Crippen LogP contribution in [-0.2, 0) is 9.59 Å². The molecule has 3 aliphatic rings. The zero-order valence-corrected chi connectivity index (χ0v) is 18.8. The van der Waals surface area contributed by atoms with E-state index in [1.54, 1.807) is 17.0 Å². The molecule has 1 fully saturated rings. The van der Waals surface area contributed by atoms with E-state index in [2.05, 4.69) is 19.2 Å². The summed E-state index contributed by atoms with van der Waals surface area (Å²) in [5.41, 5.74) is 1.67. The molecule has 2 atom stereocenters. The smallest absolute Gasteiger partial charge is 0.231 e. The van der Waals surface area contributed by atoms with Crippen LogP contribution >= 0.6 is 0 Å². The van der Waals surface area contributed by atoms with Crippen LogP contribution in [0.25, 0.3) is 0 Å². The maximum Gasteiger partial charge on any atom is 0.231 e. The zero-order valence-electron chi connectivity index (χ0n) is 18.8. The van der Waals surface area contributed by atoms with E-state index in [1.807, 2.05) is 24.3 Å². The van der Waals surface area contributed by atoms with E-state index >= 15 is 0 Å². The highest BCUT2D eigenvalue weighted by molar-refractivity contribution is 6.00. The standard InChI is InChI=1S/C25H28N2O6/c1-15(2)24(16-4-6-19-21(10-16)31-9-3-8-30-19)26-25(29)17-11-23(28)27(13-17)18-5-7-20-22(12-18)33-14-32-20/h4-7,10,12,15,17,24H,3,8-9,11,13-14H2,1-2H3,(H,26,29)/t17-,24+/m0/s1. The second-order valence-corrected chi connectivity index (χ2v) is 8.93. The molecular weight excluding hydrogens is 424 g/mol. The Bertz CT molecular complexity index is 1070. The first kappa shape index (κ1) is 21.4. The van der Waals surface area contributed by atoms with Gasteiger partial charge in [0.1, 0.15) is 0 Å². The molecule has 0 aliphatic carbocycles. The normalized spacial score (nSPS) is 20.0. The topological polar surface area (TPSA) is 86.3 Å². The van der Waals surface area contributed by atoms with Gasteiger partial charge in [-0.2, -0.15) is 0 Å². The summed E-state index contributed by atoms with van der Waals surface area (Å²) >= 11 is 0. The number of anilines is 1. The number of fused-ring (bicyclic) bond motifs is 2. The summed E-state index contributed by atoms with van der Waals surface area (Å²) in [4.78, 5) is 27.6. The molecule has 2 aromatic rings. The average Bonchev–Trinajstić information content (AvgIpc) is 3.36. The fourth-order valence-electron chi connectivity index (χ4n) is 4.47. The van der Waals surface area contributed by atoms with Gasteiger partial charge in [0, 0.05) is 31.1 Å². The number of amides is 2. The Morgan fingerprint density at radius 1 is 0.970 bits per heavy atom. The van der Waals surface area contributed by atoms with Crippen LogP contribution < -0.4 is 29.2 Å². The Balaban J connectivity index is 1.30. The highest BCUT2D eigenvalue weighted by Gasteiger charge is 2.37. The molecule has 174 valence electrons. The number of nitrogens with one attached hydrogen (secondary N) is 1. The monoisotopic (exact) mass is 452 g/mol. The van der Waals surface area contributed by atoms with Crippen LogP contribution in [0.4, 0.5) is 5.69 Å². The van der Waals surface area contributed by atoms with E-state index in [-0.39, 0.29) is 37.0 Å². The molecule has 0 spiro atoms. The van der Waals surface area contributed by atoms with E-state index in [1.165, 1.54) is 0 Å². The van der Waals surface area contributed by atoms with Crippen LogP contribution in [0, 0.1) is 11.8 Å². The third-order valence-electron chi connectivity index (χ3n) is 6.26. The van der Waals surface area contributed by atoms with Gasteiger partial charge in [-0.15, -0.1) is 0 Å². The van der Waals surface area contributed by atoms with Crippen molar-refractivity contribution in [3.63, 3.8) is 0 Å². The molecule has 0 aromatic heterocycles. The summed E-state index contributed by atoms with van der Waals surface area (Å²) in [6, 6.07) is 11.0. The van der Waals surface area contributed by atoms with Crippen molar-refractivity contribution in [1.29, 1.82) is 0 Å². The molecule has 33 heavy (non-hydrogen) atoms. The Morgan fingerprint density at radius 3 is 2.48 bits per heavy atom. The van der Waals surface area contributed by atoms with Crippen molar-refractivity contribution in [1.82, 2.24) is 5.32 Å². The lowest BCUT2D eigenvalue weighted by atomic mass is 9.94. The minimum Gasteiger partial charge on any atom is -0.490 e. The Hall–Kier alpha value is -3.42. The van der Waals surface area contributed by atoms with Crippen LogP contribution in [0.1, 0.15) is 38.3 Å². The van der Waals surface area contributed by atoms with E-state index in [9.17, 15) is 9.59 Å². The van der Waals surface area contributed by atoms with Crippen LogP contribution in [-0.4, -0.2) is 38.4 Å². The van der Waals surface area contributed by atoms with Gasteiger partial charge in [0.25, 0.3) is 0 Å².